The number of nitro benzene ring substituents is 1. The van der Waals surface area contributed by atoms with E-state index < -0.39 is 16.6 Å². The van der Waals surface area contributed by atoms with E-state index in [1.807, 2.05) is 6.92 Å². The first-order valence-corrected chi connectivity index (χ1v) is 10.9. The number of non-ortho nitro benzene ring substituents is 1. The predicted molar refractivity (Wildman–Crippen MR) is 122 cm³/mol. The molecule has 0 aliphatic heterocycles. The van der Waals surface area contributed by atoms with E-state index in [9.17, 15) is 24.1 Å². The number of rotatable bonds is 9. The third-order valence-corrected chi connectivity index (χ3v) is 5.58. The first-order valence-electron chi connectivity index (χ1n) is 9.92. The number of halogens is 1. The summed E-state index contributed by atoms with van der Waals surface area (Å²) >= 11 is 1.12. The second-order valence-corrected chi connectivity index (χ2v) is 7.88. The summed E-state index contributed by atoms with van der Waals surface area (Å²) in [5, 5.41) is 24.6. The third-order valence-electron chi connectivity index (χ3n) is 4.61. The first-order chi connectivity index (χ1) is 15.8. The largest absolute Gasteiger partial charge is 0.325 e. The molecule has 0 aliphatic carbocycles. The Labute approximate surface area is 192 Å². The van der Waals surface area contributed by atoms with Crippen molar-refractivity contribution >= 4 is 40.6 Å². The van der Waals surface area contributed by atoms with Gasteiger partial charge in [0.05, 0.1) is 28.5 Å². The molecule has 2 N–H and O–H groups in total. The van der Waals surface area contributed by atoms with Crippen LogP contribution in [0.25, 0.3) is 0 Å². The summed E-state index contributed by atoms with van der Waals surface area (Å²) in [5.41, 5.74) is 1.01. The molecule has 3 aromatic rings. The van der Waals surface area contributed by atoms with E-state index in [0.717, 1.165) is 11.8 Å². The zero-order valence-corrected chi connectivity index (χ0v) is 18.7. The number of carbonyl (C=O) groups excluding carboxylic acids is 2. The highest BCUT2D eigenvalue weighted by molar-refractivity contribution is 7.99. The van der Waals surface area contributed by atoms with Crippen LogP contribution < -0.4 is 10.6 Å². The molecule has 0 saturated carbocycles. The average Bonchev–Trinajstić information content (AvgIpc) is 3.16. The van der Waals surface area contributed by atoms with Crippen LogP contribution in [-0.2, 0) is 22.6 Å². The fraction of sp³-hybridized carbons (Fsp3) is 0.238. The van der Waals surface area contributed by atoms with Crippen molar-refractivity contribution in [3.63, 3.8) is 0 Å². The fourth-order valence-corrected chi connectivity index (χ4v) is 3.77. The lowest BCUT2D eigenvalue weighted by atomic mass is 10.2. The number of nitrogens with zero attached hydrogens (tertiary/aromatic N) is 4. The summed E-state index contributed by atoms with van der Waals surface area (Å²) in [5.74, 6) is -0.986. The Kier molecular flexibility index (Phi) is 7.72. The van der Waals surface area contributed by atoms with Gasteiger partial charge in [-0.15, -0.1) is 10.2 Å². The van der Waals surface area contributed by atoms with Crippen molar-refractivity contribution in [1.82, 2.24) is 14.8 Å². The lowest BCUT2D eigenvalue weighted by Crippen LogP contribution is -2.18. The summed E-state index contributed by atoms with van der Waals surface area (Å²) in [4.78, 5) is 35.1. The third kappa shape index (κ3) is 6.13. The molecule has 0 unspecified atom stereocenters. The van der Waals surface area contributed by atoms with Gasteiger partial charge in [-0.2, -0.15) is 0 Å². The van der Waals surface area contributed by atoms with Crippen LogP contribution in [0.3, 0.4) is 0 Å². The number of para-hydroxylation sites is 1. The van der Waals surface area contributed by atoms with Gasteiger partial charge in [-0.25, -0.2) is 4.39 Å². The summed E-state index contributed by atoms with van der Waals surface area (Å²) in [6.07, 6.45) is -0.116. The topological polar surface area (TPSA) is 132 Å². The van der Waals surface area contributed by atoms with Crippen LogP contribution in [0, 0.1) is 22.9 Å². The van der Waals surface area contributed by atoms with Crippen LogP contribution in [0.5, 0.6) is 0 Å². The zero-order valence-electron chi connectivity index (χ0n) is 17.9. The molecule has 0 aliphatic rings. The van der Waals surface area contributed by atoms with E-state index in [1.54, 1.807) is 23.6 Å². The van der Waals surface area contributed by atoms with Gasteiger partial charge in [-0.05, 0) is 31.5 Å². The van der Waals surface area contributed by atoms with Crippen LogP contribution >= 0.6 is 11.8 Å². The van der Waals surface area contributed by atoms with Crippen molar-refractivity contribution < 1.29 is 18.9 Å². The highest BCUT2D eigenvalue weighted by Crippen LogP contribution is 2.23. The quantitative estimate of drug-likeness (QED) is 0.276. The van der Waals surface area contributed by atoms with Crippen molar-refractivity contribution in [3.05, 3.63) is 69.8 Å². The smallest absolute Gasteiger partial charge is 0.271 e. The van der Waals surface area contributed by atoms with Crippen LogP contribution in [-0.4, -0.2) is 37.3 Å². The minimum Gasteiger partial charge on any atom is -0.325 e. The number of nitro groups is 1. The highest BCUT2D eigenvalue weighted by Gasteiger charge is 2.17. The molecule has 1 aromatic heterocycles. The molecule has 0 radical (unpaired) electrons. The normalized spacial score (nSPS) is 10.6. The van der Waals surface area contributed by atoms with Gasteiger partial charge in [-0.1, -0.05) is 30.0 Å². The number of anilines is 2. The summed E-state index contributed by atoms with van der Waals surface area (Å²) in [6.45, 7) is 4.04. The molecule has 12 heteroatoms. The lowest BCUT2D eigenvalue weighted by molar-refractivity contribution is -0.384. The molecular weight excluding hydrogens is 451 g/mol. The van der Waals surface area contributed by atoms with Crippen molar-refractivity contribution in [1.29, 1.82) is 0 Å². The molecule has 172 valence electrons. The van der Waals surface area contributed by atoms with Gasteiger partial charge in [0.15, 0.2) is 5.16 Å². The molecule has 0 atom stereocenters. The van der Waals surface area contributed by atoms with E-state index in [4.69, 9.17) is 0 Å². The van der Waals surface area contributed by atoms with Crippen molar-refractivity contribution in [3.8, 4) is 0 Å². The van der Waals surface area contributed by atoms with E-state index >= 15 is 0 Å². The van der Waals surface area contributed by atoms with Gasteiger partial charge in [-0.3, -0.25) is 19.7 Å². The zero-order chi connectivity index (χ0) is 24.0. The molecule has 0 spiro atoms. The molecule has 0 saturated heterocycles. The standard InChI is InChI=1S/C21H21FN6O4S/c1-3-27-18(11-19(29)23-16-7-5-4-6-15(16)22)25-26-21(27)33-12-20(30)24-17-10-14(28(31)32)9-8-13(17)2/h4-10H,3,11-12H2,1-2H3,(H,23,29)(H,24,30). The Morgan fingerprint density at radius 1 is 1.12 bits per heavy atom. The molecule has 3 rings (SSSR count). The van der Waals surface area contributed by atoms with E-state index in [-0.39, 0.29) is 29.5 Å². The Morgan fingerprint density at radius 3 is 2.55 bits per heavy atom. The number of hydrogen-bond acceptors (Lipinski definition) is 7. The maximum Gasteiger partial charge on any atom is 0.271 e. The average molecular weight is 473 g/mol. The number of benzene rings is 2. The van der Waals surface area contributed by atoms with E-state index in [1.165, 1.54) is 30.3 Å². The van der Waals surface area contributed by atoms with Crippen molar-refractivity contribution in [2.75, 3.05) is 16.4 Å². The number of aromatic nitrogens is 3. The van der Waals surface area contributed by atoms with Crippen molar-refractivity contribution in [2.45, 2.75) is 32.0 Å². The molecule has 10 nitrogen and oxygen atoms in total. The number of carbonyl (C=O) groups is 2. The molecular formula is C21H21FN6O4S. The second kappa shape index (κ2) is 10.7. The van der Waals surface area contributed by atoms with Crippen molar-refractivity contribution in [2.24, 2.45) is 0 Å². The van der Waals surface area contributed by atoms with Gasteiger partial charge in [0, 0.05) is 18.7 Å². The van der Waals surface area contributed by atoms with E-state index in [2.05, 4.69) is 20.8 Å². The van der Waals surface area contributed by atoms with Gasteiger partial charge in [0.1, 0.15) is 11.6 Å². The monoisotopic (exact) mass is 472 g/mol. The molecule has 0 fully saturated rings. The fourth-order valence-electron chi connectivity index (χ4n) is 2.95. The first kappa shape index (κ1) is 23.9. The number of aryl methyl sites for hydroxylation is 1. The molecule has 1 heterocycles. The van der Waals surface area contributed by atoms with E-state index in [0.29, 0.717) is 28.8 Å². The lowest BCUT2D eigenvalue weighted by Gasteiger charge is -2.09. The Hall–Kier alpha value is -3.80. The predicted octanol–water partition coefficient (Wildman–Crippen LogP) is 3.57. The molecule has 2 amide bonds. The van der Waals surface area contributed by atoms with Crippen LogP contribution in [0.2, 0.25) is 0 Å². The minimum atomic E-state index is -0.538. The summed E-state index contributed by atoms with van der Waals surface area (Å²) in [7, 11) is 0. The SMILES string of the molecule is CCn1c(CC(=O)Nc2ccccc2F)nnc1SCC(=O)Nc1cc([N+](=O)[O-])ccc1C. The Balaban J connectivity index is 1.61. The second-order valence-electron chi connectivity index (χ2n) is 6.94. The minimum absolute atomic E-state index is 0.0122. The van der Waals surface area contributed by atoms with Gasteiger partial charge < -0.3 is 15.2 Å². The Morgan fingerprint density at radius 2 is 1.85 bits per heavy atom. The maximum absolute atomic E-state index is 13.7. The molecule has 2 aromatic carbocycles. The highest BCUT2D eigenvalue weighted by atomic mass is 32.2. The van der Waals surface area contributed by atoms with Crippen LogP contribution in [0.4, 0.5) is 21.5 Å². The molecule has 0 bridgehead atoms. The van der Waals surface area contributed by atoms with Gasteiger partial charge in [0.2, 0.25) is 11.8 Å². The van der Waals surface area contributed by atoms with Gasteiger partial charge in [0.25, 0.3) is 5.69 Å². The van der Waals surface area contributed by atoms with Crippen LogP contribution in [0.1, 0.15) is 18.3 Å². The number of hydrogen-bond donors (Lipinski definition) is 2. The Bertz CT molecular complexity index is 1200. The number of amides is 2. The van der Waals surface area contributed by atoms with Crippen LogP contribution in [0.15, 0.2) is 47.6 Å². The number of thioether (sulfide) groups is 1. The molecule has 33 heavy (non-hydrogen) atoms. The maximum atomic E-state index is 13.7. The van der Waals surface area contributed by atoms with Gasteiger partial charge >= 0.3 is 0 Å². The summed E-state index contributed by atoms with van der Waals surface area (Å²) < 4.78 is 15.4. The number of nitrogens with one attached hydrogen (secondary N) is 2. The summed E-state index contributed by atoms with van der Waals surface area (Å²) in [6, 6.07) is 10.1.